The van der Waals surface area contributed by atoms with Gasteiger partial charge in [-0.1, -0.05) is 58.3 Å². The molecule has 3 N–H and O–H groups in total. The molecule has 0 aromatic heterocycles. The molecular weight excluding hydrogens is 309 g/mol. The first-order chi connectivity index (χ1) is 9.99. The Morgan fingerprint density at radius 1 is 1.00 bits per heavy atom. The number of unbranched alkanes of at least 4 members (excludes halogenated alkanes) is 8. The Kier molecular flexibility index (Phi) is 18.5. The van der Waals surface area contributed by atoms with E-state index in [0.29, 0.717) is 6.42 Å². The molecule has 0 heterocycles. The molecule has 2 atom stereocenters. The van der Waals surface area contributed by atoms with E-state index in [-0.39, 0.29) is 58.7 Å². The largest absolute Gasteiger partial charge is 1.00 e. The molecule has 0 aromatic carbocycles. The molecule has 0 bridgehead atoms. The fourth-order valence-corrected chi connectivity index (χ4v) is 2.23. The minimum absolute atomic E-state index is 0. The first-order valence-electron chi connectivity index (χ1n) is 8.19. The Balaban J connectivity index is -0.00000200. The number of hydrogen-bond donors (Lipinski definition) is 3. The number of nitrogens with one attached hydrogen (secondary N) is 1. The summed E-state index contributed by atoms with van der Waals surface area (Å²) in [4.78, 5) is 22.4. The van der Waals surface area contributed by atoms with Crippen molar-refractivity contribution in [1.82, 2.24) is 5.32 Å². The number of hydrogen-bond acceptors (Lipinski definition) is 3. The van der Waals surface area contributed by atoms with Gasteiger partial charge in [-0.2, -0.15) is 0 Å². The van der Waals surface area contributed by atoms with Crippen LogP contribution < -0.4 is 56.7 Å². The first-order valence-corrected chi connectivity index (χ1v) is 8.19. The van der Waals surface area contributed by atoms with Crippen LogP contribution in [0.25, 0.3) is 0 Å². The number of aliphatic hydroxyl groups is 1. The van der Waals surface area contributed by atoms with Crippen LogP contribution >= 0.6 is 0 Å². The summed E-state index contributed by atoms with van der Waals surface area (Å²) >= 11 is 0. The normalized spacial score (nSPS) is 13.0. The van der Waals surface area contributed by atoms with Crippen LogP contribution in [0.15, 0.2) is 0 Å². The summed E-state index contributed by atoms with van der Waals surface area (Å²) < 4.78 is 0. The summed E-state index contributed by atoms with van der Waals surface area (Å²) in [5.74, 6) is -1.50. The third-order valence-electron chi connectivity index (χ3n) is 3.57. The van der Waals surface area contributed by atoms with Gasteiger partial charge in [0.15, 0.2) is 6.04 Å². The molecule has 1 amide bonds. The fraction of sp³-hybridized carbons (Fsp3) is 0.875. The van der Waals surface area contributed by atoms with Gasteiger partial charge in [-0.15, -0.1) is 0 Å². The maximum atomic E-state index is 11.6. The maximum Gasteiger partial charge on any atom is 1.00 e. The molecular formula is C16H32KNO4. The minimum Gasteiger partial charge on any atom is -1.00 e. The van der Waals surface area contributed by atoms with Crippen molar-refractivity contribution in [3.8, 4) is 0 Å². The van der Waals surface area contributed by atoms with E-state index in [4.69, 9.17) is 5.11 Å². The van der Waals surface area contributed by atoms with E-state index >= 15 is 0 Å². The molecule has 0 spiro atoms. The minimum atomic E-state index is -1.21. The number of aliphatic hydroxyl groups excluding tert-OH is 1. The SMILES string of the molecule is CCCCCCCCCCCC(=O)NC(C(=O)O)C(C)O.[H-].[K+]. The predicted molar refractivity (Wildman–Crippen MR) is 84.2 cm³/mol. The first kappa shape index (κ1) is 24.8. The second kappa shape index (κ2) is 16.4. The molecule has 22 heavy (non-hydrogen) atoms. The molecule has 0 aliphatic heterocycles. The van der Waals surface area contributed by atoms with Gasteiger partial charge in [-0.05, 0) is 13.3 Å². The topological polar surface area (TPSA) is 86.6 Å². The molecule has 0 aliphatic carbocycles. The Morgan fingerprint density at radius 2 is 1.45 bits per heavy atom. The number of carbonyl (C=O) groups is 2. The second-order valence-electron chi connectivity index (χ2n) is 5.70. The molecule has 6 heteroatoms. The average molecular weight is 342 g/mol. The van der Waals surface area contributed by atoms with E-state index in [1.165, 1.54) is 45.4 Å². The zero-order chi connectivity index (χ0) is 16.1. The van der Waals surface area contributed by atoms with Gasteiger partial charge in [0.2, 0.25) is 5.91 Å². The van der Waals surface area contributed by atoms with Gasteiger partial charge in [0.25, 0.3) is 0 Å². The van der Waals surface area contributed by atoms with E-state index in [0.717, 1.165) is 19.3 Å². The monoisotopic (exact) mass is 341 g/mol. The number of aliphatic carboxylic acids is 1. The van der Waals surface area contributed by atoms with Crippen molar-refractivity contribution >= 4 is 11.9 Å². The number of rotatable bonds is 13. The van der Waals surface area contributed by atoms with Crippen LogP contribution in [-0.2, 0) is 9.59 Å². The van der Waals surface area contributed by atoms with Gasteiger partial charge >= 0.3 is 57.4 Å². The van der Waals surface area contributed by atoms with Gasteiger partial charge in [-0.25, -0.2) is 4.79 Å². The third-order valence-corrected chi connectivity index (χ3v) is 3.57. The predicted octanol–water partition coefficient (Wildman–Crippen LogP) is -0.0260. The Morgan fingerprint density at radius 3 is 1.86 bits per heavy atom. The van der Waals surface area contributed by atoms with Crippen LogP contribution in [0.3, 0.4) is 0 Å². The summed E-state index contributed by atoms with van der Waals surface area (Å²) in [6, 6.07) is -1.21. The van der Waals surface area contributed by atoms with Gasteiger partial charge in [-0.3, -0.25) is 4.79 Å². The Hall–Kier alpha value is 0.536. The van der Waals surface area contributed by atoms with Crippen molar-refractivity contribution in [2.24, 2.45) is 0 Å². The van der Waals surface area contributed by atoms with Crippen molar-refractivity contribution in [1.29, 1.82) is 0 Å². The number of carbonyl (C=O) groups excluding carboxylic acids is 1. The van der Waals surface area contributed by atoms with Crippen LogP contribution in [0.5, 0.6) is 0 Å². The summed E-state index contributed by atoms with van der Waals surface area (Å²) in [6.07, 6.45) is 9.77. The van der Waals surface area contributed by atoms with Crippen molar-refractivity contribution in [3.63, 3.8) is 0 Å². The molecule has 126 valence electrons. The molecule has 0 saturated heterocycles. The van der Waals surface area contributed by atoms with Gasteiger partial charge in [0, 0.05) is 6.42 Å². The number of carboxylic acids is 1. The quantitative estimate of drug-likeness (QED) is 0.324. The van der Waals surface area contributed by atoms with Crippen molar-refractivity contribution in [3.05, 3.63) is 0 Å². The number of carboxylic acid groups (broad SMARTS) is 1. The van der Waals surface area contributed by atoms with Crippen LogP contribution in [-0.4, -0.2) is 34.2 Å². The Labute approximate surface area is 178 Å². The van der Waals surface area contributed by atoms with E-state index in [2.05, 4.69) is 12.2 Å². The molecule has 0 radical (unpaired) electrons. The van der Waals surface area contributed by atoms with Crippen LogP contribution in [0.1, 0.15) is 79.5 Å². The second-order valence-corrected chi connectivity index (χ2v) is 5.70. The fourth-order valence-electron chi connectivity index (χ4n) is 2.23. The molecule has 0 aliphatic rings. The molecule has 0 rings (SSSR count). The number of amides is 1. The van der Waals surface area contributed by atoms with E-state index in [9.17, 15) is 14.7 Å². The summed E-state index contributed by atoms with van der Waals surface area (Å²) in [5.41, 5.74) is 0. The van der Waals surface area contributed by atoms with E-state index in [1.54, 1.807) is 0 Å². The van der Waals surface area contributed by atoms with Crippen LogP contribution in [0.2, 0.25) is 0 Å². The Bertz CT molecular complexity index is 304. The molecule has 0 saturated carbocycles. The zero-order valence-corrected chi connectivity index (χ0v) is 17.6. The van der Waals surface area contributed by atoms with Crippen LogP contribution in [0, 0.1) is 0 Å². The molecule has 2 unspecified atom stereocenters. The summed E-state index contributed by atoms with van der Waals surface area (Å²) in [6.45, 7) is 3.56. The molecule has 0 aromatic rings. The zero-order valence-electron chi connectivity index (χ0n) is 15.4. The smallest absolute Gasteiger partial charge is 1.00 e. The van der Waals surface area contributed by atoms with Gasteiger partial charge in [0.05, 0.1) is 6.10 Å². The van der Waals surface area contributed by atoms with Gasteiger partial charge < -0.3 is 17.0 Å². The van der Waals surface area contributed by atoms with Crippen molar-refractivity contribution < 1.29 is 72.6 Å². The standard InChI is InChI=1S/C16H31NO4.K.H/c1-3-4-5-6-7-8-9-10-11-12-14(19)17-15(13(2)18)16(20)21;;/h13,15,18H,3-12H2,1-2H3,(H,17,19)(H,20,21);;/q;+1;-1. The third kappa shape index (κ3) is 14.1. The molecule has 0 fully saturated rings. The van der Waals surface area contributed by atoms with E-state index < -0.39 is 18.1 Å². The maximum absolute atomic E-state index is 11.6. The average Bonchev–Trinajstić information content (AvgIpc) is 2.42. The summed E-state index contributed by atoms with van der Waals surface area (Å²) in [5, 5.41) is 20.5. The summed E-state index contributed by atoms with van der Waals surface area (Å²) in [7, 11) is 0. The molecule has 5 nitrogen and oxygen atoms in total. The van der Waals surface area contributed by atoms with Crippen molar-refractivity contribution in [2.75, 3.05) is 0 Å². The van der Waals surface area contributed by atoms with Crippen molar-refractivity contribution in [2.45, 2.75) is 90.2 Å². The van der Waals surface area contributed by atoms with Crippen LogP contribution in [0.4, 0.5) is 0 Å². The van der Waals surface area contributed by atoms with Gasteiger partial charge in [0.1, 0.15) is 0 Å². The van der Waals surface area contributed by atoms with E-state index in [1.807, 2.05) is 0 Å².